The second-order valence-electron chi connectivity index (χ2n) is 15.8. The quantitative estimate of drug-likeness (QED) is 0.0700. The fraction of sp³-hybridized carbons (Fsp3) is 0.304. The third-order valence-electron chi connectivity index (χ3n) is 10.7. The molecule has 60 heavy (non-hydrogen) atoms. The molecule has 13 nitrogen and oxygen atoms in total. The number of aliphatic hydroxyl groups excluding tert-OH is 1. The molecule has 0 radical (unpaired) electrons. The minimum atomic E-state index is -1.36. The Labute approximate surface area is 349 Å². The SMILES string of the molecule is COc1ccc(C(OCC2OC(n3cnc4c(OCC[Si](C)(C)C)ncnc43)[C@H](OCc3ccc(-c4ncco4)cc3)[C@@H]2O)(c2ccccc2)c2ccc(OC)cc2)cc1. The van der Waals surface area contributed by atoms with Crippen molar-refractivity contribution in [3.8, 4) is 28.8 Å². The fourth-order valence-electron chi connectivity index (χ4n) is 7.42. The predicted molar refractivity (Wildman–Crippen MR) is 228 cm³/mol. The molecule has 7 aromatic rings. The van der Waals surface area contributed by atoms with E-state index in [9.17, 15) is 5.11 Å². The summed E-state index contributed by atoms with van der Waals surface area (Å²) in [4.78, 5) is 18.0. The van der Waals surface area contributed by atoms with Crippen LogP contribution in [0.5, 0.6) is 17.4 Å². The van der Waals surface area contributed by atoms with Crippen LogP contribution < -0.4 is 14.2 Å². The lowest BCUT2D eigenvalue weighted by Crippen LogP contribution is -2.40. The largest absolute Gasteiger partial charge is 0.497 e. The lowest BCUT2D eigenvalue weighted by molar-refractivity contribution is -0.0968. The lowest BCUT2D eigenvalue weighted by atomic mass is 9.80. The second-order valence-corrected chi connectivity index (χ2v) is 21.5. The predicted octanol–water partition coefficient (Wildman–Crippen LogP) is 8.07. The lowest BCUT2D eigenvalue weighted by Gasteiger charge is -2.37. The number of nitrogens with zero attached hydrogens (tertiary/aromatic N) is 5. The van der Waals surface area contributed by atoms with Gasteiger partial charge in [-0.05, 0) is 64.7 Å². The molecule has 14 heteroatoms. The minimum absolute atomic E-state index is 0.0258. The first-order valence-electron chi connectivity index (χ1n) is 19.9. The van der Waals surface area contributed by atoms with Crippen molar-refractivity contribution in [2.24, 2.45) is 0 Å². The van der Waals surface area contributed by atoms with Crippen LogP contribution >= 0.6 is 0 Å². The van der Waals surface area contributed by atoms with E-state index in [1.807, 2.05) is 103 Å². The van der Waals surface area contributed by atoms with Crippen LogP contribution in [-0.4, -0.2) is 83.4 Å². The van der Waals surface area contributed by atoms with E-state index in [4.69, 9.17) is 32.8 Å². The van der Waals surface area contributed by atoms with E-state index in [1.54, 1.807) is 37.6 Å². The summed E-state index contributed by atoms with van der Waals surface area (Å²) in [5.74, 6) is 2.34. The molecule has 1 saturated heterocycles. The Hall–Kier alpha value is -5.90. The van der Waals surface area contributed by atoms with Crippen molar-refractivity contribution in [3.05, 3.63) is 150 Å². The van der Waals surface area contributed by atoms with Crippen LogP contribution in [0.2, 0.25) is 25.7 Å². The molecule has 0 bridgehead atoms. The Morgan fingerprint density at radius 1 is 0.783 bits per heavy atom. The first-order chi connectivity index (χ1) is 29.2. The molecule has 1 fully saturated rings. The molecular formula is C46H49N5O8Si. The van der Waals surface area contributed by atoms with Gasteiger partial charge in [-0.2, -0.15) is 4.98 Å². The summed E-state index contributed by atoms with van der Waals surface area (Å²) >= 11 is 0. The highest BCUT2D eigenvalue weighted by molar-refractivity contribution is 6.76. The summed E-state index contributed by atoms with van der Waals surface area (Å²) in [6.07, 6.45) is 2.56. The maximum Gasteiger partial charge on any atom is 0.245 e. The maximum absolute atomic E-state index is 12.3. The van der Waals surface area contributed by atoms with Gasteiger partial charge in [0.05, 0.1) is 46.6 Å². The smallest absolute Gasteiger partial charge is 0.245 e. The normalized spacial score (nSPS) is 18.2. The summed E-state index contributed by atoms with van der Waals surface area (Å²) in [6.45, 7) is 7.57. The second kappa shape index (κ2) is 17.8. The number of rotatable bonds is 17. The number of hydrogen-bond acceptors (Lipinski definition) is 12. The van der Waals surface area contributed by atoms with E-state index in [0.29, 0.717) is 41.0 Å². The number of aliphatic hydroxyl groups is 1. The first-order valence-corrected chi connectivity index (χ1v) is 23.6. The molecule has 0 aliphatic carbocycles. The number of benzene rings is 4. The van der Waals surface area contributed by atoms with Gasteiger partial charge >= 0.3 is 0 Å². The molecule has 0 spiro atoms. The molecule has 0 saturated carbocycles. The Bertz CT molecular complexity index is 2390. The molecule has 3 aromatic heterocycles. The monoisotopic (exact) mass is 827 g/mol. The third kappa shape index (κ3) is 8.55. The van der Waals surface area contributed by atoms with E-state index in [-0.39, 0.29) is 13.2 Å². The first kappa shape index (κ1) is 40.9. The Kier molecular flexibility index (Phi) is 12.1. The molecule has 4 heterocycles. The molecule has 4 atom stereocenters. The highest BCUT2D eigenvalue weighted by Gasteiger charge is 2.48. The number of aromatic nitrogens is 5. The molecule has 310 valence electrons. The van der Waals surface area contributed by atoms with Gasteiger partial charge in [-0.15, -0.1) is 0 Å². The molecule has 1 aliphatic rings. The van der Waals surface area contributed by atoms with Crippen molar-refractivity contribution >= 4 is 19.2 Å². The zero-order chi connectivity index (χ0) is 41.7. The van der Waals surface area contributed by atoms with Gasteiger partial charge in [0.1, 0.15) is 48.0 Å². The van der Waals surface area contributed by atoms with E-state index < -0.39 is 38.2 Å². The molecule has 4 aromatic carbocycles. The minimum Gasteiger partial charge on any atom is -0.497 e. The van der Waals surface area contributed by atoms with Gasteiger partial charge in [-0.3, -0.25) is 4.57 Å². The molecule has 0 amide bonds. The molecule has 2 unspecified atom stereocenters. The summed E-state index contributed by atoms with van der Waals surface area (Å²) in [5, 5.41) is 12.3. The fourth-order valence-corrected chi connectivity index (χ4v) is 8.13. The van der Waals surface area contributed by atoms with E-state index in [1.165, 1.54) is 6.33 Å². The van der Waals surface area contributed by atoms with Gasteiger partial charge in [0.2, 0.25) is 11.8 Å². The topological polar surface area (TPSA) is 145 Å². The van der Waals surface area contributed by atoms with Gasteiger partial charge in [-0.1, -0.05) is 86.4 Å². The number of hydrogen-bond donors (Lipinski definition) is 1. The van der Waals surface area contributed by atoms with Crippen LogP contribution in [0.25, 0.3) is 22.6 Å². The maximum atomic E-state index is 12.3. The van der Waals surface area contributed by atoms with Gasteiger partial charge < -0.3 is 37.9 Å². The standard InChI is InChI=1S/C46H49N5O8Si/c1-53-36-19-15-34(16-20-36)46(33-9-7-6-8-10-33,35-17-21-37(54-2)22-18-35)58-28-38-40(52)41(57-27-31-11-13-32(14-12-31)43-47-23-24-55-43)45(59-38)51-30-50-39-42(51)48-29-49-44(39)56-25-26-60(3,4)5/h6-24,29-30,38,40-41,45,52H,25-28H2,1-5H3/t38?,40-,41-,45?/m1/s1. The Morgan fingerprint density at radius 2 is 1.45 bits per heavy atom. The Balaban J connectivity index is 1.14. The number of methoxy groups -OCH3 is 2. The highest BCUT2D eigenvalue weighted by atomic mass is 28.3. The van der Waals surface area contributed by atoms with Crippen molar-refractivity contribution < 1.29 is 37.9 Å². The molecular weight excluding hydrogens is 779 g/mol. The van der Waals surface area contributed by atoms with Gasteiger partial charge in [-0.25, -0.2) is 15.0 Å². The Morgan fingerprint density at radius 3 is 2.07 bits per heavy atom. The summed E-state index contributed by atoms with van der Waals surface area (Å²) in [5.41, 5.74) is 4.15. The summed E-state index contributed by atoms with van der Waals surface area (Å²) < 4.78 is 45.1. The number of oxazole rings is 1. The van der Waals surface area contributed by atoms with E-state index >= 15 is 0 Å². The third-order valence-corrected chi connectivity index (χ3v) is 12.4. The van der Waals surface area contributed by atoms with Crippen LogP contribution in [-0.2, 0) is 26.4 Å². The number of ether oxygens (including phenoxy) is 6. The van der Waals surface area contributed by atoms with Gasteiger partial charge in [0.15, 0.2) is 17.4 Å². The van der Waals surface area contributed by atoms with Gasteiger partial charge in [0.25, 0.3) is 0 Å². The molecule has 1 aliphatic heterocycles. The molecule has 1 N–H and O–H groups in total. The molecule has 8 rings (SSSR count). The average molecular weight is 828 g/mol. The number of fused-ring (bicyclic) bond motifs is 1. The summed E-state index contributed by atoms with van der Waals surface area (Å²) in [7, 11) is 1.92. The van der Waals surface area contributed by atoms with Crippen molar-refractivity contribution in [1.82, 2.24) is 24.5 Å². The van der Waals surface area contributed by atoms with Crippen LogP contribution in [0.3, 0.4) is 0 Å². The van der Waals surface area contributed by atoms with Crippen LogP contribution in [0.4, 0.5) is 0 Å². The van der Waals surface area contributed by atoms with Gasteiger partial charge in [0, 0.05) is 13.6 Å². The zero-order valence-electron chi connectivity index (χ0n) is 34.3. The van der Waals surface area contributed by atoms with Crippen LogP contribution in [0.1, 0.15) is 28.5 Å². The van der Waals surface area contributed by atoms with E-state index in [2.05, 4.69) is 39.6 Å². The van der Waals surface area contributed by atoms with Crippen LogP contribution in [0, 0.1) is 0 Å². The van der Waals surface area contributed by atoms with E-state index in [0.717, 1.165) is 33.9 Å². The average Bonchev–Trinajstić information content (AvgIpc) is 4.04. The zero-order valence-corrected chi connectivity index (χ0v) is 35.3. The van der Waals surface area contributed by atoms with Crippen molar-refractivity contribution in [1.29, 1.82) is 0 Å². The number of imidazole rings is 1. The van der Waals surface area contributed by atoms with Crippen LogP contribution in [0.15, 0.2) is 133 Å². The van der Waals surface area contributed by atoms with Crippen molar-refractivity contribution in [2.75, 3.05) is 27.4 Å². The summed E-state index contributed by atoms with van der Waals surface area (Å²) in [6, 6.07) is 34.3. The van der Waals surface area contributed by atoms with Crippen molar-refractivity contribution in [2.45, 2.75) is 62.4 Å². The highest BCUT2D eigenvalue weighted by Crippen LogP contribution is 2.43. The van der Waals surface area contributed by atoms with Crippen molar-refractivity contribution in [3.63, 3.8) is 0 Å².